The van der Waals surface area contributed by atoms with Crippen LogP contribution in [0.4, 0.5) is 10.8 Å². The summed E-state index contributed by atoms with van der Waals surface area (Å²) in [7, 11) is 0. The maximum absolute atomic E-state index is 12.1. The van der Waals surface area contributed by atoms with Gasteiger partial charge in [-0.25, -0.2) is 0 Å². The first-order chi connectivity index (χ1) is 12.0. The Bertz CT molecular complexity index is 787. The van der Waals surface area contributed by atoms with Gasteiger partial charge in [-0.05, 0) is 43.9 Å². The van der Waals surface area contributed by atoms with E-state index in [2.05, 4.69) is 20.8 Å². The van der Waals surface area contributed by atoms with Crippen LogP contribution in [0.25, 0.3) is 0 Å². The van der Waals surface area contributed by atoms with Crippen LogP contribution in [0.5, 0.6) is 0 Å². The number of benzene rings is 1. The number of carbonyl (C=O) groups is 2. The van der Waals surface area contributed by atoms with Crippen LogP contribution in [0.2, 0.25) is 0 Å². The molecule has 0 bridgehead atoms. The number of anilines is 2. The highest BCUT2D eigenvalue weighted by Gasteiger charge is 2.26. The van der Waals surface area contributed by atoms with Crippen molar-refractivity contribution in [3.63, 3.8) is 0 Å². The summed E-state index contributed by atoms with van der Waals surface area (Å²) in [5.41, 5.74) is 2.96. The molecule has 0 spiro atoms. The maximum Gasteiger partial charge on any atom is 0.234 e. The van der Waals surface area contributed by atoms with Crippen LogP contribution in [0, 0.1) is 19.8 Å². The van der Waals surface area contributed by atoms with Crippen LogP contribution < -0.4 is 10.6 Å². The van der Waals surface area contributed by atoms with Gasteiger partial charge in [0.05, 0.1) is 5.75 Å². The molecular formula is C17H20N4O2S2. The minimum Gasteiger partial charge on any atom is -0.325 e. The molecule has 0 aliphatic heterocycles. The molecule has 0 saturated heterocycles. The lowest BCUT2D eigenvalue weighted by molar-refractivity contribution is -0.122. The van der Waals surface area contributed by atoms with Gasteiger partial charge in [0.15, 0.2) is 4.34 Å². The van der Waals surface area contributed by atoms with Crippen molar-refractivity contribution >= 4 is 45.7 Å². The van der Waals surface area contributed by atoms with Crippen LogP contribution in [-0.2, 0) is 9.59 Å². The smallest absolute Gasteiger partial charge is 0.234 e. The highest BCUT2D eigenvalue weighted by Crippen LogP contribution is 2.30. The standard InChI is InChI=1S/C17H20N4O2S2/c1-10-6-7-11(2)13(8-10)18-14(22)9-24-17-21-20-16(25-17)19-15(23)12-4-3-5-12/h6-8,12H,3-5,9H2,1-2H3,(H,18,22)(H,19,20,23). The van der Waals surface area contributed by atoms with Crippen molar-refractivity contribution < 1.29 is 9.59 Å². The van der Waals surface area contributed by atoms with Crippen molar-refractivity contribution in [3.8, 4) is 0 Å². The number of rotatable bonds is 6. The molecule has 6 nitrogen and oxygen atoms in total. The predicted molar refractivity (Wildman–Crippen MR) is 101 cm³/mol. The lowest BCUT2D eigenvalue weighted by Crippen LogP contribution is -2.27. The van der Waals surface area contributed by atoms with Crippen molar-refractivity contribution in [2.45, 2.75) is 37.4 Å². The summed E-state index contributed by atoms with van der Waals surface area (Å²) in [5, 5.41) is 14.2. The zero-order chi connectivity index (χ0) is 17.8. The Morgan fingerprint density at radius 1 is 1.24 bits per heavy atom. The third-order valence-corrected chi connectivity index (χ3v) is 6.08. The molecule has 3 rings (SSSR count). The van der Waals surface area contributed by atoms with Gasteiger partial charge in [-0.2, -0.15) is 0 Å². The molecule has 1 heterocycles. The number of nitrogens with one attached hydrogen (secondary N) is 2. The van der Waals surface area contributed by atoms with Crippen molar-refractivity contribution in [2.24, 2.45) is 5.92 Å². The number of aryl methyl sites for hydroxylation is 2. The Balaban J connectivity index is 1.49. The SMILES string of the molecule is Cc1ccc(C)c(NC(=O)CSc2nnc(NC(=O)C3CCC3)s2)c1. The second-order valence-corrected chi connectivity index (χ2v) is 8.35. The van der Waals surface area contributed by atoms with Crippen molar-refractivity contribution in [2.75, 3.05) is 16.4 Å². The van der Waals surface area contributed by atoms with Gasteiger partial charge < -0.3 is 10.6 Å². The molecule has 0 atom stereocenters. The molecule has 1 aliphatic carbocycles. The molecule has 1 saturated carbocycles. The summed E-state index contributed by atoms with van der Waals surface area (Å²) in [5.74, 6) is 0.294. The van der Waals surface area contributed by atoms with E-state index in [1.165, 1.54) is 23.1 Å². The van der Waals surface area contributed by atoms with Crippen molar-refractivity contribution in [1.82, 2.24) is 10.2 Å². The number of hydrogen-bond acceptors (Lipinski definition) is 6. The number of nitrogens with zero attached hydrogens (tertiary/aromatic N) is 2. The van der Waals surface area contributed by atoms with Crippen LogP contribution in [0.1, 0.15) is 30.4 Å². The first-order valence-electron chi connectivity index (χ1n) is 8.15. The zero-order valence-corrected chi connectivity index (χ0v) is 15.8. The van der Waals surface area contributed by atoms with Gasteiger partial charge in [0.2, 0.25) is 16.9 Å². The van der Waals surface area contributed by atoms with E-state index >= 15 is 0 Å². The molecule has 1 aromatic carbocycles. The van der Waals surface area contributed by atoms with Crippen molar-refractivity contribution in [1.29, 1.82) is 0 Å². The Kier molecular flexibility index (Phi) is 5.70. The molecule has 2 N–H and O–H groups in total. The average molecular weight is 377 g/mol. The lowest BCUT2D eigenvalue weighted by atomic mass is 9.85. The largest absolute Gasteiger partial charge is 0.325 e. The summed E-state index contributed by atoms with van der Waals surface area (Å²) in [6.07, 6.45) is 3.01. The molecule has 0 radical (unpaired) electrons. The Hall–Kier alpha value is -1.93. The molecule has 1 aliphatic rings. The molecule has 2 aromatic rings. The first kappa shape index (κ1) is 17.9. The van der Waals surface area contributed by atoms with E-state index in [0.29, 0.717) is 9.47 Å². The van der Waals surface area contributed by atoms with E-state index in [1.807, 2.05) is 32.0 Å². The summed E-state index contributed by atoms with van der Waals surface area (Å²) in [6.45, 7) is 3.95. The van der Waals surface area contributed by atoms with Crippen LogP contribution in [-0.4, -0.2) is 27.8 Å². The lowest BCUT2D eigenvalue weighted by Gasteiger charge is -2.23. The minimum atomic E-state index is -0.0889. The third kappa shape index (κ3) is 4.79. The highest BCUT2D eigenvalue weighted by atomic mass is 32.2. The Morgan fingerprint density at radius 3 is 2.76 bits per heavy atom. The van der Waals surface area contributed by atoms with E-state index in [4.69, 9.17) is 0 Å². The van der Waals surface area contributed by atoms with E-state index in [1.54, 1.807) is 0 Å². The fourth-order valence-corrected chi connectivity index (χ4v) is 3.94. The number of thioether (sulfide) groups is 1. The second-order valence-electron chi connectivity index (χ2n) is 6.15. The van der Waals surface area contributed by atoms with Crippen LogP contribution in [0.3, 0.4) is 0 Å². The van der Waals surface area contributed by atoms with Crippen molar-refractivity contribution in [3.05, 3.63) is 29.3 Å². The predicted octanol–water partition coefficient (Wildman–Crippen LogP) is 3.62. The third-order valence-electron chi connectivity index (χ3n) is 4.11. The summed E-state index contributed by atoms with van der Waals surface area (Å²) >= 11 is 2.61. The molecular weight excluding hydrogens is 356 g/mol. The molecule has 25 heavy (non-hydrogen) atoms. The van der Waals surface area contributed by atoms with Gasteiger partial charge in [0.25, 0.3) is 0 Å². The number of hydrogen-bond donors (Lipinski definition) is 2. The molecule has 1 fully saturated rings. The highest BCUT2D eigenvalue weighted by molar-refractivity contribution is 8.01. The average Bonchev–Trinajstić information content (AvgIpc) is 2.94. The second kappa shape index (κ2) is 7.97. The number of carbonyl (C=O) groups excluding carboxylic acids is 2. The molecule has 2 amide bonds. The quantitative estimate of drug-likeness (QED) is 0.594. The molecule has 0 unspecified atom stereocenters. The Labute approximate surface area is 154 Å². The van der Waals surface area contributed by atoms with Gasteiger partial charge in [0, 0.05) is 11.6 Å². The molecule has 132 valence electrons. The molecule has 1 aromatic heterocycles. The van der Waals surface area contributed by atoms with Gasteiger partial charge in [-0.15, -0.1) is 10.2 Å². The first-order valence-corrected chi connectivity index (χ1v) is 9.96. The summed E-state index contributed by atoms with van der Waals surface area (Å²) in [4.78, 5) is 24.0. The van der Waals surface area contributed by atoms with Gasteiger partial charge in [0.1, 0.15) is 0 Å². The van der Waals surface area contributed by atoms with Gasteiger partial charge in [-0.3, -0.25) is 9.59 Å². The van der Waals surface area contributed by atoms with Crippen LogP contribution in [0.15, 0.2) is 22.5 Å². The Morgan fingerprint density at radius 2 is 2.04 bits per heavy atom. The maximum atomic E-state index is 12.1. The van der Waals surface area contributed by atoms with E-state index in [9.17, 15) is 9.59 Å². The fourth-order valence-electron chi connectivity index (χ4n) is 2.38. The van der Waals surface area contributed by atoms with Gasteiger partial charge >= 0.3 is 0 Å². The topological polar surface area (TPSA) is 84.0 Å². The minimum absolute atomic E-state index is 0.0200. The van der Waals surface area contributed by atoms with E-state index in [-0.39, 0.29) is 23.5 Å². The zero-order valence-electron chi connectivity index (χ0n) is 14.2. The normalized spacial score (nSPS) is 14.0. The molecule has 8 heteroatoms. The monoisotopic (exact) mass is 376 g/mol. The fraction of sp³-hybridized carbons (Fsp3) is 0.412. The van der Waals surface area contributed by atoms with Gasteiger partial charge in [-0.1, -0.05) is 41.7 Å². The number of amides is 2. The van der Waals surface area contributed by atoms with Crippen LogP contribution >= 0.6 is 23.1 Å². The summed E-state index contributed by atoms with van der Waals surface area (Å²) in [6, 6.07) is 5.96. The summed E-state index contributed by atoms with van der Waals surface area (Å²) < 4.78 is 0.667. The number of aromatic nitrogens is 2. The van der Waals surface area contributed by atoms with E-state index < -0.39 is 0 Å². The van der Waals surface area contributed by atoms with E-state index in [0.717, 1.165) is 36.1 Å².